The summed E-state index contributed by atoms with van der Waals surface area (Å²) in [5.74, 6) is -0.457. The third-order valence-electron chi connectivity index (χ3n) is 5.79. The van der Waals surface area contributed by atoms with Gasteiger partial charge in [0, 0.05) is 18.4 Å². The number of fused-ring (bicyclic) bond motifs is 1. The third kappa shape index (κ3) is 3.43. The van der Waals surface area contributed by atoms with Crippen LogP contribution in [0.5, 0.6) is 5.75 Å². The highest BCUT2D eigenvalue weighted by molar-refractivity contribution is 6.09. The number of alkyl halides is 2. The minimum Gasteiger partial charge on any atom is -0.493 e. The van der Waals surface area contributed by atoms with E-state index in [0.717, 1.165) is 0 Å². The van der Waals surface area contributed by atoms with Crippen LogP contribution in [0.15, 0.2) is 22.6 Å². The minimum absolute atomic E-state index is 0.00692. The van der Waals surface area contributed by atoms with E-state index >= 15 is 0 Å². The SMILES string of the molecule is Cc1oc2ccc(OCC3(C(F)F)CC3)cc2c1C(=O)NC1(C(N)=O)CCOC1. The van der Waals surface area contributed by atoms with Gasteiger partial charge in [-0.25, -0.2) is 8.78 Å². The first-order valence-electron chi connectivity index (χ1n) is 9.41. The Hall–Kier alpha value is -2.68. The molecule has 1 aliphatic carbocycles. The molecule has 0 bridgehead atoms. The van der Waals surface area contributed by atoms with Gasteiger partial charge < -0.3 is 24.9 Å². The maximum atomic E-state index is 13.1. The number of hydrogen-bond donors (Lipinski definition) is 2. The lowest BCUT2D eigenvalue weighted by molar-refractivity contribution is -0.124. The first kappa shape index (κ1) is 19.6. The van der Waals surface area contributed by atoms with E-state index in [-0.39, 0.29) is 25.2 Å². The Morgan fingerprint density at radius 2 is 2.07 bits per heavy atom. The molecule has 1 saturated carbocycles. The summed E-state index contributed by atoms with van der Waals surface area (Å²) in [6.07, 6.45) is -1.28. The molecule has 1 saturated heterocycles. The molecule has 29 heavy (non-hydrogen) atoms. The maximum Gasteiger partial charge on any atom is 0.256 e. The number of primary amides is 1. The van der Waals surface area contributed by atoms with Gasteiger partial charge in [-0.05, 0) is 38.0 Å². The number of nitrogens with two attached hydrogens (primary N) is 1. The molecular weight excluding hydrogens is 386 g/mol. The molecule has 156 valence electrons. The predicted molar refractivity (Wildman–Crippen MR) is 98.9 cm³/mol. The summed E-state index contributed by atoms with van der Waals surface area (Å²) < 4.78 is 42.7. The highest BCUT2D eigenvalue weighted by Crippen LogP contribution is 2.50. The van der Waals surface area contributed by atoms with Crippen LogP contribution in [0, 0.1) is 12.3 Å². The van der Waals surface area contributed by atoms with E-state index in [2.05, 4.69) is 5.32 Å². The van der Waals surface area contributed by atoms with Gasteiger partial charge in [-0.1, -0.05) is 0 Å². The molecule has 2 fully saturated rings. The largest absolute Gasteiger partial charge is 0.493 e. The highest BCUT2D eigenvalue weighted by atomic mass is 19.3. The predicted octanol–water partition coefficient (Wildman–Crippen LogP) is 2.54. The Kier molecular flexibility index (Phi) is 4.72. The molecule has 2 aromatic rings. The summed E-state index contributed by atoms with van der Waals surface area (Å²) in [4.78, 5) is 24.9. The lowest BCUT2D eigenvalue weighted by atomic mass is 9.97. The number of halogens is 2. The van der Waals surface area contributed by atoms with Crippen molar-refractivity contribution in [3.05, 3.63) is 29.5 Å². The van der Waals surface area contributed by atoms with E-state index in [9.17, 15) is 18.4 Å². The van der Waals surface area contributed by atoms with Crippen LogP contribution >= 0.6 is 0 Å². The Labute approximate surface area is 165 Å². The van der Waals surface area contributed by atoms with Gasteiger partial charge in [0.2, 0.25) is 12.3 Å². The summed E-state index contributed by atoms with van der Waals surface area (Å²) >= 11 is 0. The number of rotatable bonds is 7. The number of carbonyl (C=O) groups is 2. The highest BCUT2D eigenvalue weighted by Gasteiger charge is 2.52. The van der Waals surface area contributed by atoms with Gasteiger partial charge >= 0.3 is 0 Å². The van der Waals surface area contributed by atoms with Crippen molar-refractivity contribution in [3.8, 4) is 5.75 Å². The molecule has 2 amide bonds. The van der Waals surface area contributed by atoms with Gasteiger partial charge in [0.05, 0.1) is 24.2 Å². The fraction of sp³-hybridized carbons (Fsp3) is 0.500. The monoisotopic (exact) mass is 408 g/mol. The van der Waals surface area contributed by atoms with Gasteiger partial charge in [0.25, 0.3) is 5.91 Å². The molecule has 9 heteroatoms. The zero-order chi connectivity index (χ0) is 20.8. The molecular formula is C20H22F2N2O5. The minimum atomic E-state index is -2.43. The second-order valence-corrected chi connectivity index (χ2v) is 7.85. The average Bonchev–Trinajstić information content (AvgIpc) is 3.19. The van der Waals surface area contributed by atoms with E-state index in [1.54, 1.807) is 25.1 Å². The molecule has 1 aliphatic heterocycles. The molecule has 0 radical (unpaired) electrons. The number of hydrogen-bond acceptors (Lipinski definition) is 5. The fourth-order valence-electron chi connectivity index (χ4n) is 3.58. The molecule has 7 nitrogen and oxygen atoms in total. The summed E-state index contributed by atoms with van der Waals surface area (Å²) in [6.45, 7) is 1.87. The molecule has 2 heterocycles. The second-order valence-electron chi connectivity index (χ2n) is 7.85. The van der Waals surface area contributed by atoms with Gasteiger partial charge in [-0.2, -0.15) is 0 Å². The van der Waals surface area contributed by atoms with Crippen LogP contribution in [0.2, 0.25) is 0 Å². The Morgan fingerprint density at radius 3 is 2.66 bits per heavy atom. The van der Waals surface area contributed by atoms with Crippen LogP contribution < -0.4 is 15.8 Å². The first-order chi connectivity index (χ1) is 13.8. The van der Waals surface area contributed by atoms with Crippen LogP contribution in [0.1, 0.15) is 35.4 Å². The van der Waals surface area contributed by atoms with Crippen LogP contribution in [-0.4, -0.2) is 43.6 Å². The number of carbonyl (C=O) groups excluding carboxylic acids is 2. The Bertz CT molecular complexity index is 961. The van der Waals surface area contributed by atoms with Gasteiger partial charge in [0.1, 0.15) is 22.6 Å². The van der Waals surface area contributed by atoms with Crippen molar-refractivity contribution < 1.29 is 32.3 Å². The Morgan fingerprint density at radius 1 is 1.31 bits per heavy atom. The Balaban J connectivity index is 1.59. The molecule has 2 aliphatic rings. The molecule has 3 N–H and O–H groups in total. The van der Waals surface area contributed by atoms with Crippen molar-refractivity contribution in [2.75, 3.05) is 19.8 Å². The van der Waals surface area contributed by atoms with E-state index in [4.69, 9.17) is 19.6 Å². The molecule has 1 aromatic carbocycles. The summed E-state index contributed by atoms with van der Waals surface area (Å²) in [5.41, 5.74) is 3.84. The molecule has 0 spiro atoms. The van der Waals surface area contributed by atoms with Crippen molar-refractivity contribution in [3.63, 3.8) is 0 Å². The van der Waals surface area contributed by atoms with Crippen molar-refractivity contribution in [1.29, 1.82) is 0 Å². The van der Waals surface area contributed by atoms with Gasteiger partial charge in [-0.3, -0.25) is 9.59 Å². The smallest absolute Gasteiger partial charge is 0.256 e. The molecule has 1 unspecified atom stereocenters. The quantitative estimate of drug-likeness (QED) is 0.733. The van der Waals surface area contributed by atoms with Crippen molar-refractivity contribution >= 4 is 22.8 Å². The number of aryl methyl sites for hydroxylation is 1. The topological polar surface area (TPSA) is 104 Å². The molecule has 1 atom stereocenters. The number of amides is 2. The van der Waals surface area contributed by atoms with Crippen molar-refractivity contribution in [2.45, 2.75) is 38.2 Å². The van der Waals surface area contributed by atoms with E-state index in [1.165, 1.54) is 0 Å². The number of furan rings is 1. The van der Waals surface area contributed by atoms with Crippen LogP contribution in [0.4, 0.5) is 8.78 Å². The number of nitrogens with one attached hydrogen (secondary N) is 1. The van der Waals surface area contributed by atoms with Crippen molar-refractivity contribution in [1.82, 2.24) is 5.32 Å². The van der Waals surface area contributed by atoms with Crippen LogP contribution in [0.3, 0.4) is 0 Å². The van der Waals surface area contributed by atoms with Crippen molar-refractivity contribution in [2.24, 2.45) is 11.1 Å². The first-order valence-corrected chi connectivity index (χ1v) is 9.41. The normalized spacial score (nSPS) is 22.8. The second kappa shape index (κ2) is 6.98. The zero-order valence-corrected chi connectivity index (χ0v) is 15.9. The summed E-state index contributed by atoms with van der Waals surface area (Å²) in [5, 5.41) is 3.16. The van der Waals surface area contributed by atoms with Gasteiger partial charge in [0.15, 0.2) is 0 Å². The van der Waals surface area contributed by atoms with E-state index in [1.807, 2.05) is 0 Å². The van der Waals surface area contributed by atoms with Crippen LogP contribution in [0.25, 0.3) is 11.0 Å². The fourth-order valence-corrected chi connectivity index (χ4v) is 3.58. The molecule has 4 rings (SSSR count). The number of benzene rings is 1. The standard InChI is InChI=1S/C20H22F2N2O5/c1-11-15(16(25)24-20(18(23)26)6-7-27-10-20)13-8-12(2-3-14(13)29-11)28-9-19(4-5-19)17(21)22/h2-3,8,17H,4-7,9-10H2,1H3,(H2,23,26)(H,24,25). The van der Waals surface area contributed by atoms with Crippen LogP contribution in [-0.2, 0) is 9.53 Å². The summed E-state index contributed by atoms with van der Waals surface area (Å²) in [7, 11) is 0. The third-order valence-corrected chi connectivity index (χ3v) is 5.79. The van der Waals surface area contributed by atoms with E-state index < -0.39 is 29.2 Å². The maximum absolute atomic E-state index is 13.1. The molecule has 1 aromatic heterocycles. The van der Waals surface area contributed by atoms with E-state index in [0.29, 0.717) is 41.9 Å². The van der Waals surface area contributed by atoms with Gasteiger partial charge in [-0.15, -0.1) is 0 Å². The number of ether oxygens (including phenoxy) is 2. The average molecular weight is 408 g/mol. The lowest BCUT2D eigenvalue weighted by Gasteiger charge is -2.24. The summed E-state index contributed by atoms with van der Waals surface area (Å²) in [6, 6.07) is 4.83. The zero-order valence-electron chi connectivity index (χ0n) is 15.9. The lowest BCUT2D eigenvalue weighted by Crippen LogP contribution is -2.58.